The van der Waals surface area contributed by atoms with Gasteiger partial charge in [-0.25, -0.2) is 0 Å². The number of unbranched alkanes of at least 4 members (excludes halogenated alkanes) is 2. The molecule has 0 saturated carbocycles. The Kier molecular flexibility index (Phi) is 5.65. The smallest absolute Gasteiger partial charge is 0.253 e. The van der Waals surface area contributed by atoms with Crippen LogP contribution in [0.25, 0.3) is 0 Å². The lowest BCUT2D eigenvalue weighted by atomic mass is 10.1. The van der Waals surface area contributed by atoms with Crippen molar-refractivity contribution < 1.29 is 4.79 Å². The van der Waals surface area contributed by atoms with Crippen molar-refractivity contribution in [3.8, 4) is 0 Å². The maximum absolute atomic E-state index is 12.2. The molecule has 0 aliphatic rings. The van der Waals surface area contributed by atoms with E-state index >= 15 is 0 Å². The first kappa shape index (κ1) is 14.5. The summed E-state index contributed by atoms with van der Waals surface area (Å²) >= 11 is 0. The lowest BCUT2D eigenvalue weighted by Crippen LogP contribution is -2.27. The predicted octanol–water partition coefficient (Wildman–Crippen LogP) is 2.54. The van der Waals surface area contributed by atoms with Crippen LogP contribution in [0.5, 0.6) is 0 Å². The highest BCUT2D eigenvalue weighted by Gasteiger charge is 2.12. The van der Waals surface area contributed by atoms with Crippen LogP contribution in [0.4, 0.5) is 5.69 Å². The average Bonchev–Trinajstić information content (AvgIpc) is 2.38. The van der Waals surface area contributed by atoms with Gasteiger partial charge in [-0.2, -0.15) is 0 Å². The van der Waals surface area contributed by atoms with Crippen molar-refractivity contribution in [1.29, 1.82) is 0 Å². The highest BCUT2D eigenvalue weighted by molar-refractivity contribution is 5.94. The fraction of sp³-hybridized carbons (Fsp3) is 0.500. The number of hydrogen-bond acceptors (Lipinski definition) is 3. The quantitative estimate of drug-likeness (QED) is 0.463. The van der Waals surface area contributed by atoms with Crippen LogP contribution in [0, 0.1) is 6.92 Å². The summed E-state index contributed by atoms with van der Waals surface area (Å²) in [7, 11) is 1.85. The Hall–Kier alpha value is -1.55. The molecule has 0 aliphatic carbocycles. The van der Waals surface area contributed by atoms with Gasteiger partial charge in [-0.15, -0.1) is 0 Å². The van der Waals surface area contributed by atoms with E-state index in [1.165, 1.54) is 0 Å². The van der Waals surface area contributed by atoms with E-state index in [1.807, 2.05) is 26.1 Å². The molecule has 0 bridgehead atoms. The molecule has 1 aromatic rings. The Morgan fingerprint density at radius 2 is 2.11 bits per heavy atom. The molecule has 0 aromatic heterocycles. The number of rotatable bonds is 6. The van der Waals surface area contributed by atoms with E-state index in [9.17, 15) is 4.79 Å². The van der Waals surface area contributed by atoms with Gasteiger partial charge >= 0.3 is 0 Å². The van der Waals surface area contributed by atoms with Crippen molar-refractivity contribution in [2.75, 3.05) is 19.0 Å². The van der Waals surface area contributed by atoms with Gasteiger partial charge in [0.15, 0.2) is 0 Å². The van der Waals surface area contributed by atoms with Crippen molar-refractivity contribution in [1.82, 2.24) is 4.90 Å². The fourth-order valence-electron chi connectivity index (χ4n) is 1.88. The number of anilines is 1. The van der Waals surface area contributed by atoms with E-state index in [0.29, 0.717) is 5.56 Å². The van der Waals surface area contributed by atoms with Gasteiger partial charge in [-0.05, 0) is 37.1 Å². The molecule has 0 fully saturated rings. The lowest BCUT2D eigenvalue weighted by molar-refractivity contribution is 0.0792. The summed E-state index contributed by atoms with van der Waals surface area (Å²) < 4.78 is 0. The van der Waals surface area contributed by atoms with Crippen LogP contribution in [-0.4, -0.2) is 24.4 Å². The molecule has 1 rings (SSSR count). The van der Waals surface area contributed by atoms with Crippen molar-refractivity contribution in [2.24, 2.45) is 5.84 Å². The first-order valence-electron chi connectivity index (χ1n) is 6.42. The zero-order valence-electron chi connectivity index (χ0n) is 11.5. The minimum atomic E-state index is 0.0674. The highest BCUT2D eigenvalue weighted by Crippen LogP contribution is 2.16. The molecule has 3 N–H and O–H groups in total. The Bertz CT molecular complexity index is 404. The van der Waals surface area contributed by atoms with Crippen LogP contribution >= 0.6 is 0 Å². The van der Waals surface area contributed by atoms with Crippen molar-refractivity contribution in [3.63, 3.8) is 0 Å². The van der Waals surface area contributed by atoms with Gasteiger partial charge in [0, 0.05) is 19.2 Å². The molecule has 1 amide bonds. The molecule has 0 radical (unpaired) electrons. The monoisotopic (exact) mass is 249 g/mol. The first-order chi connectivity index (χ1) is 8.60. The Morgan fingerprint density at radius 3 is 2.67 bits per heavy atom. The third-order valence-corrected chi connectivity index (χ3v) is 3.07. The Morgan fingerprint density at radius 1 is 1.39 bits per heavy atom. The summed E-state index contributed by atoms with van der Waals surface area (Å²) in [5, 5.41) is 0. The van der Waals surface area contributed by atoms with Crippen LogP contribution < -0.4 is 11.3 Å². The fourth-order valence-corrected chi connectivity index (χ4v) is 1.88. The second-order valence-electron chi connectivity index (χ2n) is 4.61. The van der Waals surface area contributed by atoms with Gasteiger partial charge in [0.25, 0.3) is 5.91 Å². The van der Waals surface area contributed by atoms with Crippen LogP contribution in [0.2, 0.25) is 0 Å². The molecule has 0 saturated heterocycles. The van der Waals surface area contributed by atoms with E-state index in [-0.39, 0.29) is 5.91 Å². The number of hydrogen-bond donors (Lipinski definition) is 2. The molecule has 4 nitrogen and oxygen atoms in total. The van der Waals surface area contributed by atoms with Gasteiger partial charge in [0.05, 0.1) is 5.69 Å². The Labute approximate surface area is 109 Å². The van der Waals surface area contributed by atoms with Gasteiger partial charge in [0.1, 0.15) is 0 Å². The summed E-state index contributed by atoms with van der Waals surface area (Å²) in [5.41, 5.74) is 5.15. The first-order valence-corrected chi connectivity index (χ1v) is 6.42. The maximum atomic E-state index is 12.2. The largest absolute Gasteiger partial charge is 0.342 e. The molecular formula is C14H23N3O. The van der Waals surface area contributed by atoms with Crippen LogP contribution in [0.1, 0.15) is 42.1 Å². The van der Waals surface area contributed by atoms with Crippen molar-refractivity contribution >= 4 is 11.6 Å². The van der Waals surface area contributed by atoms with E-state index < -0.39 is 0 Å². The molecule has 0 heterocycles. The molecule has 0 aliphatic heterocycles. The van der Waals surface area contributed by atoms with Crippen molar-refractivity contribution in [2.45, 2.75) is 33.1 Å². The van der Waals surface area contributed by atoms with Gasteiger partial charge in [0.2, 0.25) is 0 Å². The number of benzene rings is 1. The zero-order valence-corrected chi connectivity index (χ0v) is 11.5. The number of nitrogens with one attached hydrogen (secondary N) is 1. The Balaban J connectivity index is 2.68. The second kappa shape index (κ2) is 7.01. The number of amides is 1. The summed E-state index contributed by atoms with van der Waals surface area (Å²) in [6.07, 6.45) is 3.38. The lowest BCUT2D eigenvalue weighted by Gasteiger charge is -2.17. The molecule has 4 heteroatoms. The van der Waals surface area contributed by atoms with Gasteiger partial charge in [-0.3, -0.25) is 10.6 Å². The number of nitrogens with two attached hydrogens (primary N) is 1. The van der Waals surface area contributed by atoms with Gasteiger partial charge in [-0.1, -0.05) is 19.8 Å². The minimum Gasteiger partial charge on any atom is -0.342 e. The van der Waals surface area contributed by atoms with Crippen LogP contribution in [0.3, 0.4) is 0 Å². The topological polar surface area (TPSA) is 58.4 Å². The van der Waals surface area contributed by atoms with Gasteiger partial charge < -0.3 is 10.3 Å². The van der Waals surface area contributed by atoms with Crippen LogP contribution in [-0.2, 0) is 0 Å². The van der Waals surface area contributed by atoms with E-state index in [4.69, 9.17) is 5.84 Å². The molecule has 18 heavy (non-hydrogen) atoms. The summed E-state index contributed by atoms with van der Waals surface area (Å²) in [4.78, 5) is 13.9. The van der Waals surface area contributed by atoms with Crippen molar-refractivity contribution in [3.05, 3.63) is 29.3 Å². The maximum Gasteiger partial charge on any atom is 0.253 e. The molecule has 100 valence electrons. The van der Waals surface area contributed by atoms with Crippen LogP contribution in [0.15, 0.2) is 18.2 Å². The normalized spacial score (nSPS) is 10.2. The highest BCUT2D eigenvalue weighted by atomic mass is 16.2. The number of nitrogens with zero attached hydrogens (tertiary/aromatic N) is 1. The average molecular weight is 249 g/mol. The minimum absolute atomic E-state index is 0.0674. The number of carbonyl (C=O) groups excluding carboxylic acids is 1. The predicted molar refractivity (Wildman–Crippen MR) is 75.5 cm³/mol. The number of aryl methyl sites for hydroxylation is 1. The third kappa shape index (κ3) is 3.74. The number of hydrazine groups is 1. The molecule has 0 unspecified atom stereocenters. The SMILES string of the molecule is CCCCCN(C)C(=O)c1ccc(NN)c(C)c1. The molecule has 0 atom stereocenters. The summed E-state index contributed by atoms with van der Waals surface area (Å²) in [6.45, 7) is 4.90. The van der Waals surface area contributed by atoms with E-state index in [1.54, 1.807) is 11.0 Å². The molecular weight excluding hydrogens is 226 g/mol. The number of nitrogen functional groups attached to an aromatic ring is 1. The zero-order chi connectivity index (χ0) is 13.5. The number of carbonyl (C=O) groups is 1. The third-order valence-electron chi connectivity index (χ3n) is 3.07. The van der Waals surface area contributed by atoms with E-state index in [2.05, 4.69) is 12.3 Å². The standard InChI is InChI=1S/C14H23N3O/c1-4-5-6-9-17(3)14(18)12-7-8-13(16-15)11(2)10-12/h7-8,10,16H,4-6,9,15H2,1-3H3. The second-order valence-corrected chi connectivity index (χ2v) is 4.61. The molecule has 0 spiro atoms. The van der Waals surface area contributed by atoms with E-state index in [0.717, 1.165) is 37.1 Å². The summed E-state index contributed by atoms with van der Waals surface area (Å²) in [5.74, 6) is 5.44. The summed E-state index contributed by atoms with van der Waals surface area (Å²) in [6, 6.07) is 5.51. The molecule has 1 aromatic carbocycles.